The van der Waals surface area contributed by atoms with Crippen molar-refractivity contribution in [3.63, 3.8) is 0 Å². The number of carbonyl (C=O) groups is 1. The SMILES string of the molecule is CCNCc1cccc(CNC(=O)c2c[nH]c3c(Cl)cccc3c2=O)c1. The van der Waals surface area contributed by atoms with Crippen molar-refractivity contribution in [3.05, 3.63) is 80.6 Å². The van der Waals surface area contributed by atoms with Crippen LogP contribution in [-0.4, -0.2) is 17.4 Å². The van der Waals surface area contributed by atoms with Crippen LogP contribution in [-0.2, 0) is 13.1 Å². The van der Waals surface area contributed by atoms with Gasteiger partial charge in [-0.05, 0) is 29.8 Å². The number of para-hydroxylation sites is 1. The first-order valence-electron chi connectivity index (χ1n) is 8.46. The average Bonchev–Trinajstić information content (AvgIpc) is 2.66. The summed E-state index contributed by atoms with van der Waals surface area (Å²) in [7, 11) is 0. The molecule has 1 heterocycles. The smallest absolute Gasteiger partial charge is 0.257 e. The molecule has 1 amide bonds. The Morgan fingerprint density at radius 1 is 1.12 bits per heavy atom. The Balaban J connectivity index is 1.76. The molecule has 3 aromatic rings. The normalized spacial score (nSPS) is 10.8. The second kappa shape index (κ2) is 8.17. The molecule has 0 aliphatic rings. The molecule has 0 spiro atoms. The van der Waals surface area contributed by atoms with Gasteiger partial charge in [0.2, 0.25) is 5.43 Å². The Labute approximate surface area is 156 Å². The van der Waals surface area contributed by atoms with Gasteiger partial charge < -0.3 is 15.6 Å². The van der Waals surface area contributed by atoms with E-state index < -0.39 is 5.91 Å². The first-order chi connectivity index (χ1) is 12.6. The maximum Gasteiger partial charge on any atom is 0.257 e. The van der Waals surface area contributed by atoms with E-state index in [0.717, 1.165) is 24.2 Å². The van der Waals surface area contributed by atoms with Crippen LogP contribution in [0.3, 0.4) is 0 Å². The van der Waals surface area contributed by atoms with Gasteiger partial charge in [-0.3, -0.25) is 9.59 Å². The molecule has 0 aliphatic carbocycles. The Hall–Kier alpha value is -2.63. The summed E-state index contributed by atoms with van der Waals surface area (Å²) in [4.78, 5) is 27.9. The molecule has 2 aromatic carbocycles. The van der Waals surface area contributed by atoms with E-state index in [0.29, 0.717) is 22.5 Å². The van der Waals surface area contributed by atoms with Crippen molar-refractivity contribution in [2.24, 2.45) is 0 Å². The third-order valence-corrected chi connectivity index (χ3v) is 4.45. The predicted octanol–water partition coefficient (Wildman–Crippen LogP) is 3.22. The van der Waals surface area contributed by atoms with Gasteiger partial charge in [0.15, 0.2) is 0 Å². The number of benzene rings is 2. The second-order valence-corrected chi connectivity index (χ2v) is 6.38. The van der Waals surface area contributed by atoms with Crippen molar-refractivity contribution >= 4 is 28.4 Å². The summed E-state index contributed by atoms with van der Waals surface area (Å²) < 4.78 is 0. The molecular weight excluding hydrogens is 350 g/mol. The highest BCUT2D eigenvalue weighted by Crippen LogP contribution is 2.18. The van der Waals surface area contributed by atoms with E-state index in [9.17, 15) is 9.59 Å². The largest absolute Gasteiger partial charge is 0.359 e. The zero-order valence-electron chi connectivity index (χ0n) is 14.4. The fourth-order valence-corrected chi connectivity index (χ4v) is 3.01. The van der Waals surface area contributed by atoms with Gasteiger partial charge in [0.25, 0.3) is 5.91 Å². The molecule has 0 fully saturated rings. The number of fused-ring (bicyclic) bond motifs is 1. The highest BCUT2D eigenvalue weighted by molar-refractivity contribution is 6.35. The Morgan fingerprint density at radius 3 is 2.62 bits per heavy atom. The number of rotatable bonds is 6. The molecule has 3 N–H and O–H groups in total. The lowest BCUT2D eigenvalue weighted by molar-refractivity contribution is 0.0949. The first-order valence-corrected chi connectivity index (χ1v) is 8.84. The van der Waals surface area contributed by atoms with E-state index in [2.05, 4.69) is 22.5 Å². The highest BCUT2D eigenvalue weighted by atomic mass is 35.5. The molecule has 0 atom stereocenters. The predicted molar refractivity (Wildman–Crippen MR) is 105 cm³/mol. The van der Waals surface area contributed by atoms with Crippen LogP contribution < -0.4 is 16.1 Å². The van der Waals surface area contributed by atoms with Gasteiger partial charge in [-0.15, -0.1) is 0 Å². The lowest BCUT2D eigenvalue weighted by Crippen LogP contribution is -2.28. The molecule has 0 saturated carbocycles. The number of carbonyl (C=O) groups excluding carboxylic acids is 1. The van der Waals surface area contributed by atoms with Gasteiger partial charge in [-0.25, -0.2) is 0 Å². The Kier molecular flexibility index (Phi) is 5.71. The summed E-state index contributed by atoms with van der Waals surface area (Å²) in [6.07, 6.45) is 1.41. The number of H-pyrrole nitrogens is 1. The molecule has 0 saturated heterocycles. The first kappa shape index (κ1) is 18.2. The fraction of sp³-hybridized carbons (Fsp3) is 0.200. The van der Waals surface area contributed by atoms with Gasteiger partial charge in [-0.1, -0.05) is 48.9 Å². The minimum Gasteiger partial charge on any atom is -0.359 e. The molecule has 0 bridgehead atoms. The molecule has 5 nitrogen and oxygen atoms in total. The van der Waals surface area contributed by atoms with Crippen molar-refractivity contribution in [2.45, 2.75) is 20.0 Å². The zero-order chi connectivity index (χ0) is 18.5. The quantitative estimate of drug-likeness (QED) is 0.624. The molecule has 0 radical (unpaired) electrons. The maximum atomic E-state index is 12.6. The molecule has 0 unspecified atom stereocenters. The average molecular weight is 370 g/mol. The van der Waals surface area contributed by atoms with Gasteiger partial charge in [0, 0.05) is 24.7 Å². The van der Waals surface area contributed by atoms with E-state index in [1.807, 2.05) is 24.3 Å². The molecule has 3 rings (SSSR count). The minimum atomic E-state index is -0.412. The summed E-state index contributed by atoms with van der Waals surface area (Å²) in [5.41, 5.74) is 2.40. The number of pyridine rings is 1. The lowest BCUT2D eigenvalue weighted by atomic mass is 10.1. The monoisotopic (exact) mass is 369 g/mol. The fourth-order valence-electron chi connectivity index (χ4n) is 2.78. The number of hydrogen-bond donors (Lipinski definition) is 3. The van der Waals surface area contributed by atoms with Crippen molar-refractivity contribution in [2.75, 3.05) is 6.54 Å². The topological polar surface area (TPSA) is 74.0 Å². The summed E-state index contributed by atoms with van der Waals surface area (Å²) >= 11 is 6.08. The van der Waals surface area contributed by atoms with E-state index >= 15 is 0 Å². The van der Waals surface area contributed by atoms with Crippen LogP contribution in [0.25, 0.3) is 10.9 Å². The van der Waals surface area contributed by atoms with E-state index in [1.165, 1.54) is 6.20 Å². The van der Waals surface area contributed by atoms with Crippen LogP contribution in [0.15, 0.2) is 53.5 Å². The molecular formula is C20H20ClN3O2. The van der Waals surface area contributed by atoms with Crippen molar-refractivity contribution in [1.29, 1.82) is 0 Å². The number of amides is 1. The van der Waals surface area contributed by atoms with E-state index in [-0.39, 0.29) is 11.0 Å². The number of halogens is 1. The maximum absolute atomic E-state index is 12.6. The molecule has 26 heavy (non-hydrogen) atoms. The van der Waals surface area contributed by atoms with Crippen LogP contribution >= 0.6 is 11.6 Å². The molecule has 134 valence electrons. The van der Waals surface area contributed by atoms with Crippen molar-refractivity contribution < 1.29 is 4.79 Å². The van der Waals surface area contributed by atoms with Crippen molar-refractivity contribution in [1.82, 2.24) is 15.6 Å². The third kappa shape index (κ3) is 3.95. The highest BCUT2D eigenvalue weighted by Gasteiger charge is 2.13. The molecule has 0 aliphatic heterocycles. The van der Waals surface area contributed by atoms with Gasteiger partial charge in [0.05, 0.1) is 10.5 Å². The summed E-state index contributed by atoms with van der Waals surface area (Å²) in [6.45, 7) is 4.09. The lowest BCUT2D eigenvalue weighted by Gasteiger charge is -2.08. The summed E-state index contributed by atoms with van der Waals surface area (Å²) in [5.74, 6) is -0.412. The van der Waals surface area contributed by atoms with Gasteiger partial charge in [0.1, 0.15) is 5.56 Å². The number of aromatic nitrogens is 1. The minimum absolute atomic E-state index is 0.0728. The number of aromatic amines is 1. The van der Waals surface area contributed by atoms with E-state index in [4.69, 9.17) is 11.6 Å². The summed E-state index contributed by atoms with van der Waals surface area (Å²) in [6, 6.07) is 13.0. The van der Waals surface area contributed by atoms with Crippen LogP contribution in [0.4, 0.5) is 0 Å². The van der Waals surface area contributed by atoms with Crippen LogP contribution in [0.1, 0.15) is 28.4 Å². The van der Waals surface area contributed by atoms with Crippen LogP contribution in [0, 0.1) is 0 Å². The standard InChI is InChI=1S/C20H20ClN3O2/c1-2-22-10-13-5-3-6-14(9-13)11-24-20(26)16-12-23-18-15(19(16)25)7-4-8-17(18)21/h3-9,12,22H,2,10-11H2,1H3,(H,23,25)(H,24,26). The zero-order valence-corrected chi connectivity index (χ0v) is 15.2. The molecule has 6 heteroatoms. The molecule has 1 aromatic heterocycles. The third-order valence-electron chi connectivity index (χ3n) is 4.13. The Bertz CT molecular complexity index is 998. The van der Waals surface area contributed by atoms with Crippen LogP contribution in [0.2, 0.25) is 5.02 Å². The van der Waals surface area contributed by atoms with Gasteiger partial charge in [-0.2, -0.15) is 0 Å². The van der Waals surface area contributed by atoms with Crippen LogP contribution in [0.5, 0.6) is 0 Å². The number of nitrogens with one attached hydrogen (secondary N) is 3. The van der Waals surface area contributed by atoms with Gasteiger partial charge >= 0.3 is 0 Å². The van der Waals surface area contributed by atoms with E-state index in [1.54, 1.807) is 18.2 Å². The summed E-state index contributed by atoms with van der Waals surface area (Å²) in [5, 5.41) is 6.92. The second-order valence-electron chi connectivity index (χ2n) is 5.98. The number of hydrogen-bond acceptors (Lipinski definition) is 3. The Morgan fingerprint density at radius 2 is 1.85 bits per heavy atom. The van der Waals surface area contributed by atoms with Crippen molar-refractivity contribution in [3.8, 4) is 0 Å².